The molecule has 0 radical (unpaired) electrons. The fraction of sp³-hybridized carbons (Fsp3) is 0.438. The number of aromatic nitrogens is 2. The number of likely N-dealkylation sites (tertiary alicyclic amines) is 1. The maximum absolute atomic E-state index is 12.3. The lowest BCUT2D eigenvalue weighted by Gasteiger charge is -2.16. The van der Waals surface area contributed by atoms with Gasteiger partial charge in [-0.2, -0.15) is 4.98 Å². The van der Waals surface area contributed by atoms with E-state index in [2.05, 4.69) is 22.3 Å². The molecule has 1 aliphatic rings. The van der Waals surface area contributed by atoms with Crippen LogP contribution in [0, 0.1) is 6.92 Å². The van der Waals surface area contributed by atoms with E-state index in [4.69, 9.17) is 10.3 Å². The number of hydrogen-bond acceptors (Lipinski definition) is 5. The zero-order valence-electron chi connectivity index (χ0n) is 12.6. The SMILES string of the molecule is Cc1noc(CCC(=O)N2C[C@@H](N)[C@H](c3ccccc3)C2)n1. The number of nitrogens with zero attached hydrogens (tertiary/aromatic N) is 3. The summed E-state index contributed by atoms with van der Waals surface area (Å²) in [5, 5.41) is 3.72. The molecule has 116 valence electrons. The monoisotopic (exact) mass is 300 g/mol. The Balaban J connectivity index is 1.58. The molecular formula is C16H20N4O2. The van der Waals surface area contributed by atoms with Crippen LogP contribution in [0.1, 0.15) is 29.6 Å². The van der Waals surface area contributed by atoms with Gasteiger partial charge in [0.1, 0.15) is 0 Å². The normalized spacial score (nSPS) is 21.3. The summed E-state index contributed by atoms with van der Waals surface area (Å²) in [5.74, 6) is 1.39. The topological polar surface area (TPSA) is 85.2 Å². The molecule has 1 saturated heterocycles. The summed E-state index contributed by atoms with van der Waals surface area (Å²) in [7, 11) is 0. The summed E-state index contributed by atoms with van der Waals surface area (Å²) < 4.78 is 5.03. The first kappa shape index (κ1) is 14.7. The minimum absolute atomic E-state index is 0.0167. The summed E-state index contributed by atoms with van der Waals surface area (Å²) in [6.07, 6.45) is 0.845. The van der Waals surface area contributed by atoms with Crippen molar-refractivity contribution in [2.45, 2.75) is 31.7 Å². The first-order valence-electron chi connectivity index (χ1n) is 7.51. The van der Waals surface area contributed by atoms with Crippen LogP contribution in [0.15, 0.2) is 34.9 Å². The minimum atomic E-state index is -0.0167. The first-order valence-corrected chi connectivity index (χ1v) is 7.51. The minimum Gasteiger partial charge on any atom is -0.340 e. The Morgan fingerprint density at radius 3 is 2.82 bits per heavy atom. The molecule has 22 heavy (non-hydrogen) atoms. The Morgan fingerprint density at radius 1 is 1.36 bits per heavy atom. The molecular weight excluding hydrogens is 280 g/mol. The fourth-order valence-corrected chi connectivity index (χ4v) is 2.90. The highest BCUT2D eigenvalue weighted by molar-refractivity contribution is 5.77. The van der Waals surface area contributed by atoms with Crippen LogP contribution in [0.3, 0.4) is 0 Å². The predicted molar refractivity (Wildman–Crippen MR) is 81.1 cm³/mol. The van der Waals surface area contributed by atoms with Crippen molar-refractivity contribution in [3.63, 3.8) is 0 Å². The number of nitrogens with two attached hydrogens (primary N) is 1. The number of amides is 1. The van der Waals surface area contributed by atoms with Crippen molar-refractivity contribution in [3.05, 3.63) is 47.6 Å². The lowest BCUT2D eigenvalue weighted by Crippen LogP contribution is -2.32. The first-order chi connectivity index (χ1) is 10.6. The molecule has 0 aliphatic carbocycles. The third kappa shape index (κ3) is 3.17. The smallest absolute Gasteiger partial charge is 0.227 e. The predicted octanol–water partition coefficient (Wildman–Crippen LogP) is 1.26. The van der Waals surface area contributed by atoms with Gasteiger partial charge in [0.2, 0.25) is 11.8 Å². The second kappa shape index (κ2) is 6.27. The van der Waals surface area contributed by atoms with E-state index < -0.39 is 0 Å². The average molecular weight is 300 g/mol. The van der Waals surface area contributed by atoms with E-state index in [0.717, 1.165) is 0 Å². The summed E-state index contributed by atoms with van der Waals surface area (Å²) in [5.41, 5.74) is 7.41. The molecule has 2 N–H and O–H groups in total. The van der Waals surface area contributed by atoms with Crippen LogP contribution in [0.5, 0.6) is 0 Å². The van der Waals surface area contributed by atoms with Crippen molar-refractivity contribution in [1.29, 1.82) is 0 Å². The number of carbonyl (C=O) groups excluding carboxylic acids is 1. The molecule has 1 aromatic heterocycles. The molecule has 0 bridgehead atoms. The fourth-order valence-electron chi connectivity index (χ4n) is 2.90. The molecule has 1 aromatic carbocycles. The van der Waals surface area contributed by atoms with Crippen molar-refractivity contribution < 1.29 is 9.32 Å². The van der Waals surface area contributed by atoms with Gasteiger partial charge in [-0.25, -0.2) is 0 Å². The zero-order chi connectivity index (χ0) is 15.5. The highest BCUT2D eigenvalue weighted by Crippen LogP contribution is 2.26. The highest BCUT2D eigenvalue weighted by Gasteiger charge is 2.33. The molecule has 1 fully saturated rings. The average Bonchev–Trinajstić information content (AvgIpc) is 3.12. The van der Waals surface area contributed by atoms with Crippen molar-refractivity contribution in [2.24, 2.45) is 5.73 Å². The number of benzene rings is 1. The van der Waals surface area contributed by atoms with E-state index in [9.17, 15) is 4.79 Å². The van der Waals surface area contributed by atoms with Crippen molar-refractivity contribution in [1.82, 2.24) is 15.0 Å². The van der Waals surface area contributed by atoms with Crippen LogP contribution in [0.2, 0.25) is 0 Å². The van der Waals surface area contributed by atoms with Gasteiger partial charge in [-0.3, -0.25) is 4.79 Å². The molecule has 1 aliphatic heterocycles. The van der Waals surface area contributed by atoms with Crippen LogP contribution in [0.25, 0.3) is 0 Å². The second-order valence-electron chi connectivity index (χ2n) is 5.72. The molecule has 6 heteroatoms. The molecule has 1 amide bonds. The van der Waals surface area contributed by atoms with Gasteiger partial charge in [0.25, 0.3) is 0 Å². The van der Waals surface area contributed by atoms with Gasteiger partial charge in [-0.1, -0.05) is 35.5 Å². The van der Waals surface area contributed by atoms with Gasteiger partial charge >= 0.3 is 0 Å². The van der Waals surface area contributed by atoms with Gasteiger partial charge in [0, 0.05) is 37.9 Å². The molecule has 2 atom stereocenters. The number of hydrogen-bond donors (Lipinski definition) is 1. The second-order valence-corrected chi connectivity index (χ2v) is 5.72. The summed E-state index contributed by atoms with van der Waals surface area (Å²) in [6, 6.07) is 10.1. The number of rotatable bonds is 4. The molecule has 3 rings (SSSR count). The zero-order valence-corrected chi connectivity index (χ0v) is 12.6. The van der Waals surface area contributed by atoms with E-state index in [1.165, 1.54) is 5.56 Å². The lowest BCUT2D eigenvalue weighted by atomic mass is 9.95. The summed E-state index contributed by atoms with van der Waals surface area (Å²) in [4.78, 5) is 18.3. The Morgan fingerprint density at radius 2 is 2.14 bits per heavy atom. The highest BCUT2D eigenvalue weighted by atomic mass is 16.5. The Kier molecular flexibility index (Phi) is 4.20. The number of aryl methyl sites for hydroxylation is 2. The maximum atomic E-state index is 12.3. The summed E-state index contributed by atoms with van der Waals surface area (Å²) in [6.45, 7) is 3.03. The molecule has 0 saturated carbocycles. The third-order valence-electron chi connectivity index (χ3n) is 4.07. The van der Waals surface area contributed by atoms with Crippen LogP contribution >= 0.6 is 0 Å². The van der Waals surface area contributed by atoms with Gasteiger partial charge in [0.15, 0.2) is 5.82 Å². The van der Waals surface area contributed by atoms with E-state index in [1.807, 2.05) is 23.1 Å². The summed E-state index contributed by atoms with van der Waals surface area (Å²) >= 11 is 0. The lowest BCUT2D eigenvalue weighted by molar-refractivity contribution is -0.130. The quantitative estimate of drug-likeness (QED) is 0.919. The molecule has 0 unspecified atom stereocenters. The van der Waals surface area contributed by atoms with Crippen LogP contribution < -0.4 is 5.73 Å². The van der Waals surface area contributed by atoms with E-state index in [-0.39, 0.29) is 17.9 Å². The van der Waals surface area contributed by atoms with Crippen molar-refractivity contribution >= 4 is 5.91 Å². The molecule has 0 spiro atoms. The Hall–Kier alpha value is -2.21. The van der Waals surface area contributed by atoms with Crippen LogP contribution in [-0.4, -0.2) is 40.1 Å². The number of carbonyl (C=O) groups is 1. The van der Waals surface area contributed by atoms with Gasteiger partial charge in [-0.15, -0.1) is 0 Å². The standard InChI is InChI=1S/C16H20N4O2/c1-11-18-15(22-19-11)7-8-16(21)20-9-13(14(17)10-20)12-5-3-2-4-6-12/h2-6,13-14H,7-10,17H2,1H3/t13-,14+/m0/s1. The molecule has 6 nitrogen and oxygen atoms in total. The van der Waals surface area contributed by atoms with E-state index in [1.54, 1.807) is 6.92 Å². The van der Waals surface area contributed by atoms with Gasteiger partial charge in [-0.05, 0) is 12.5 Å². The molecule has 2 aromatic rings. The van der Waals surface area contributed by atoms with Gasteiger partial charge in [0.05, 0.1) is 0 Å². The largest absolute Gasteiger partial charge is 0.340 e. The Bertz CT molecular complexity index is 641. The van der Waals surface area contributed by atoms with Crippen molar-refractivity contribution in [2.75, 3.05) is 13.1 Å². The van der Waals surface area contributed by atoms with Crippen LogP contribution in [0.4, 0.5) is 0 Å². The maximum Gasteiger partial charge on any atom is 0.227 e. The van der Waals surface area contributed by atoms with E-state index in [0.29, 0.717) is 37.6 Å². The molecule has 2 heterocycles. The van der Waals surface area contributed by atoms with Crippen LogP contribution in [-0.2, 0) is 11.2 Å². The van der Waals surface area contributed by atoms with Crippen molar-refractivity contribution in [3.8, 4) is 0 Å². The van der Waals surface area contributed by atoms with Gasteiger partial charge < -0.3 is 15.2 Å². The Labute approximate surface area is 129 Å². The third-order valence-corrected chi connectivity index (χ3v) is 4.07. The van der Waals surface area contributed by atoms with E-state index >= 15 is 0 Å².